The number of aliphatic hydroxyl groups excluding tert-OH is 1. The van der Waals surface area contributed by atoms with E-state index < -0.39 is 54.8 Å². The summed E-state index contributed by atoms with van der Waals surface area (Å²) in [6.07, 6.45) is 0.516. The molecule has 0 spiro atoms. The van der Waals surface area contributed by atoms with Gasteiger partial charge >= 0.3 is 6.18 Å². The van der Waals surface area contributed by atoms with E-state index >= 15 is 0 Å². The van der Waals surface area contributed by atoms with Crippen LogP contribution in [0, 0.1) is 40.9 Å². The maximum absolute atomic E-state index is 14.5. The SMILES string of the molecule is CN1CNNC1CC1(C2CCCC(N3CC4C(CC(CN5CC[C@H](CO)C(F)(F)C5)CC4C(F)(F)F)C3=O)C2)COC1. The van der Waals surface area contributed by atoms with Crippen LogP contribution in [0.4, 0.5) is 22.0 Å². The first-order valence-corrected chi connectivity index (χ1v) is 15.7. The molecule has 4 saturated heterocycles. The number of hydrazine groups is 1. The summed E-state index contributed by atoms with van der Waals surface area (Å²) in [5.41, 5.74) is 6.51. The second-order valence-electron chi connectivity index (χ2n) is 14.2. The van der Waals surface area contributed by atoms with Gasteiger partial charge in [-0.05, 0) is 76.3 Å². The fourth-order valence-electron chi connectivity index (χ4n) is 9.16. The molecule has 0 aromatic carbocycles. The standard InChI is InChI=1S/C29H46F5N5O3/c1-37-17-35-36-25(37)10-27(15-42-16-27)19-3-2-4-21(9-19)39-12-23-22(26(39)41)7-18(8-24(23)29(32,33)34)11-38-6-5-20(13-40)28(30,31)14-38/h18-25,35-36,40H,2-17H2,1H3/t18?,19?,20-,21?,22?,23?,24?,25?/m1/s1. The molecule has 42 heavy (non-hydrogen) atoms. The summed E-state index contributed by atoms with van der Waals surface area (Å²) in [5.74, 6) is -7.59. The van der Waals surface area contributed by atoms with Crippen molar-refractivity contribution in [2.45, 2.75) is 75.7 Å². The molecule has 240 valence electrons. The highest BCUT2D eigenvalue weighted by molar-refractivity contribution is 5.82. The van der Waals surface area contributed by atoms with Gasteiger partial charge in [-0.2, -0.15) is 13.2 Å². The van der Waals surface area contributed by atoms with Gasteiger partial charge in [-0.3, -0.25) is 14.6 Å². The summed E-state index contributed by atoms with van der Waals surface area (Å²) >= 11 is 0. The second-order valence-corrected chi connectivity index (χ2v) is 14.2. The molecule has 8 nitrogen and oxygen atoms in total. The van der Waals surface area contributed by atoms with Crippen molar-refractivity contribution in [1.29, 1.82) is 0 Å². The molecule has 6 fully saturated rings. The largest absolute Gasteiger partial charge is 0.396 e. The molecule has 4 aliphatic heterocycles. The average Bonchev–Trinajstić information content (AvgIpc) is 3.47. The number of piperidine rings is 1. The zero-order valence-corrected chi connectivity index (χ0v) is 24.4. The third-order valence-electron chi connectivity index (χ3n) is 11.7. The third-order valence-corrected chi connectivity index (χ3v) is 11.7. The molecule has 6 aliphatic rings. The molecule has 0 aromatic heterocycles. The van der Waals surface area contributed by atoms with Gasteiger partial charge in [0.15, 0.2) is 0 Å². The number of aliphatic hydroxyl groups is 1. The summed E-state index contributed by atoms with van der Waals surface area (Å²) in [5, 5.41) is 9.30. The number of carbonyl (C=O) groups excluding carboxylic acids is 1. The molecule has 6 rings (SSSR count). The minimum atomic E-state index is -4.44. The number of fused-ring (bicyclic) bond motifs is 1. The van der Waals surface area contributed by atoms with E-state index in [9.17, 15) is 31.9 Å². The minimum Gasteiger partial charge on any atom is -0.396 e. The van der Waals surface area contributed by atoms with Crippen LogP contribution in [0.2, 0.25) is 0 Å². The van der Waals surface area contributed by atoms with Gasteiger partial charge in [0, 0.05) is 36.4 Å². The zero-order valence-electron chi connectivity index (χ0n) is 24.4. The number of halogens is 5. The first-order chi connectivity index (χ1) is 19.9. The highest BCUT2D eigenvalue weighted by Crippen LogP contribution is 2.53. The summed E-state index contributed by atoms with van der Waals surface area (Å²) in [6, 6.07) is -0.0738. The maximum Gasteiger partial charge on any atom is 0.392 e. The summed E-state index contributed by atoms with van der Waals surface area (Å²) in [7, 11) is 2.06. The molecule has 0 aromatic rings. The summed E-state index contributed by atoms with van der Waals surface area (Å²) in [4.78, 5) is 19.4. The van der Waals surface area contributed by atoms with Crippen molar-refractivity contribution >= 4 is 5.91 Å². The molecule has 8 atom stereocenters. The quantitative estimate of drug-likeness (QED) is 0.385. The lowest BCUT2D eigenvalue weighted by Gasteiger charge is -2.52. The van der Waals surface area contributed by atoms with E-state index in [0.29, 0.717) is 32.1 Å². The lowest BCUT2D eigenvalue weighted by molar-refractivity contribution is -0.205. The van der Waals surface area contributed by atoms with E-state index in [1.165, 1.54) is 0 Å². The van der Waals surface area contributed by atoms with E-state index in [0.717, 1.165) is 38.8 Å². The van der Waals surface area contributed by atoms with Crippen LogP contribution < -0.4 is 10.9 Å². The van der Waals surface area contributed by atoms with Gasteiger partial charge < -0.3 is 14.7 Å². The van der Waals surface area contributed by atoms with Gasteiger partial charge in [-0.1, -0.05) is 6.42 Å². The van der Waals surface area contributed by atoms with Crippen LogP contribution in [-0.4, -0.2) is 110 Å². The maximum atomic E-state index is 14.5. The zero-order chi connectivity index (χ0) is 29.9. The minimum absolute atomic E-state index is 0.00269. The van der Waals surface area contributed by atoms with Crippen LogP contribution in [0.25, 0.3) is 0 Å². The molecular weight excluding hydrogens is 561 g/mol. The number of ether oxygens (including phenoxy) is 1. The number of rotatable bonds is 7. The van der Waals surface area contributed by atoms with E-state index in [-0.39, 0.29) is 49.5 Å². The second kappa shape index (κ2) is 11.7. The molecule has 1 amide bonds. The Kier molecular flexibility index (Phi) is 8.58. The Morgan fingerprint density at radius 2 is 1.90 bits per heavy atom. The van der Waals surface area contributed by atoms with Crippen molar-refractivity contribution < 1.29 is 36.6 Å². The molecule has 3 N–H and O–H groups in total. The van der Waals surface area contributed by atoms with Gasteiger partial charge in [-0.15, -0.1) is 0 Å². The predicted octanol–water partition coefficient (Wildman–Crippen LogP) is 2.89. The smallest absolute Gasteiger partial charge is 0.392 e. The van der Waals surface area contributed by atoms with E-state index in [1.54, 1.807) is 9.80 Å². The first kappa shape index (κ1) is 30.9. The van der Waals surface area contributed by atoms with Crippen molar-refractivity contribution in [3.05, 3.63) is 0 Å². The number of hydrogen-bond donors (Lipinski definition) is 3. The molecule has 2 aliphatic carbocycles. The molecule has 2 saturated carbocycles. The molecule has 4 heterocycles. The average molecular weight is 608 g/mol. The third kappa shape index (κ3) is 5.82. The summed E-state index contributed by atoms with van der Waals surface area (Å²) < 4.78 is 78.0. The van der Waals surface area contributed by atoms with Crippen LogP contribution in [0.3, 0.4) is 0 Å². The highest BCUT2D eigenvalue weighted by Gasteiger charge is 2.59. The van der Waals surface area contributed by atoms with Gasteiger partial charge in [0.05, 0.1) is 45.1 Å². The number of likely N-dealkylation sites (tertiary alicyclic amines) is 2. The topological polar surface area (TPSA) is 80.3 Å². The number of alkyl halides is 5. The Morgan fingerprint density at radius 1 is 1.12 bits per heavy atom. The number of nitrogens with one attached hydrogen (secondary N) is 2. The Balaban J connectivity index is 1.14. The van der Waals surface area contributed by atoms with Crippen molar-refractivity contribution in [2.24, 2.45) is 40.9 Å². The lowest BCUT2D eigenvalue weighted by atomic mass is 9.64. The lowest BCUT2D eigenvalue weighted by Crippen LogP contribution is -2.56. The number of carbonyl (C=O) groups is 1. The predicted molar refractivity (Wildman–Crippen MR) is 144 cm³/mol. The monoisotopic (exact) mass is 607 g/mol. The number of nitrogens with zero attached hydrogens (tertiary/aromatic N) is 3. The van der Waals surface area contributed by atoms with Crippen molar-refractivity contribution in [3.8, 4) is 0 Å². The van der Waals surface area contributed by atoms with Crippen LogP contribution in [0.15, 0.2) is 0 Å². The van der Waals surface area contributed by atoms with Gasteiger partial charge in [0.1, 0.15) is 0 Å². The molecule has 7 unspecified atom stereocenters. The van der Waals surface area contributed by atoms with E-state index in [4.69, 9.17) is 4.74 Å². The van der Waals surface area contributed by atoms with Crippen molar-refractivity contribution in [3.63, 3.8) is 0 Å². The molecule has 0 bridgehead atoms. The van der Waals surface area contributed by atoms with Crippen LogP contribution in [0.5, 0.6) is 0 Å². The summed E-state index contributed by atoms with van der Waals surface area (Å²) in [6.45, 7) is 1.52. The van der Waals surface area contributed by atoms with Crippen LogP contribution in [-0.2, 0) is 9.53 Å². The Morgan fingerprint density at radius 3 is 2.52 bits per heavy atom. The molecule has 13 heteroatoms. The first-order valence-electron chi connectivity index (χ1n) is 15.7. The normalized spacial score (nSPS) is 41.1. The number of hydrogen-bond acceptors (Lipinski definition) is 7. The Labute approximate surface area is 244 Å². The molecule has 0 radical (unpaired) electrons. The highest BCUT2D eigenvalue weighted by atomic mass is 19.4. The Hall–Kier alpha value is -1.12. The fraction of sp³-hybridized carbons (Fsp3) is 0.966. The van der Waals surface area contributed by atoms with Crippen LogP contribution >= 0.6 is 0 Å². The van der Waals surface area contributed by atoms with Crippen molar-refractivity contribution in [2.75, 3.05) is 59.7 Å². The van der Waals surface area contributed by atoms with E-state index in [1.807, 2.05) is 0 Å². The Bertz CT molecular complexity index is 984. The molecular formula is C29H46F5N5O3. The number of amides is 1. The van der Waals surface area contributed by atoms with Crippen LogP contribution in [0.1, 0.15) is 51.4 Å². The van der Waals surface area contributed by atoms with E-state index in [2.05, 4.69) is 22.8 Å². The van der Waals surface area contributed by atoms with Crippen molar-refractivity contribution in [1.82, 2.24) is 25.6 Å². The van der Waals surface area contributed by atoms with Gasteiger partial charge in [0.2, 0.25) is 5.91 Å². The van der Waals surface area contributed by atoms with Gasteiger partial charge in [-0.25, -0.2) is 19.6 Å². The van der Waals surface area contributed by atoms with Gasteiger partial charge in [0.25, 0.3) is 5.92 Å². The fourth-order valence-corrected chi connectivity index (χ4v) is 9.16.